The average molecular weight is 391 g/mol. The van der Waals surface area contributed by atoms with Crippen LogP contribution in [0.4, 0.5) is 4.39 Å². The number of nitrogens with zero attached hydrogens (tertiary/aromatic N) is 3. The molecule has 1 aromatic heterocycles. The van der Waals surface area contributed by atoms with Gasteiger partial charge in [0.25, 0.3) is 5.91 Å². The van der Waals surface area contributed by atoms with Crippen LogP contribution in [-0.2, 0) is 17.7 Å². The summed E-state index contributed by atoms with van der Waals surface area (Å²) in [6, 6.07) is 15.1. The molecule has 0 saturated carbocycles. The molecule has 1 aliphatic rings. The van der Waals surface area contributed by atoms with Crippen LogP contribution in [0.5, 0.6) is 0 Å². The van der Waals surface area contributed by atoms with Crippen LogP contribution in [0.15, 0.2) is 52.9 Å². The molecule has 29 heavy (non-hydrogen) atoms. The van der Waals surface area contributed by atoms with E-state index in [1.807, 2.05) is 36.4 Å². The van der Waals surface area contributed by atoms with Gasteiger partial charge in [0.05, 0.1) is 18.2 Å². The van der Waals surface area contributed by atoms with Crippen LogP contribution >= 0.6 is 0 Å². The molecule has 0 N–H and O–H groups in total. The Balaban J connectivity index is 1.57. The third-order valence-electron chi connectivity index (χ3n) is 4.87. The van der Waals surface area contributed by atoms with Gasteiger partial charge in [0.2, 0.25) is 5.89 Å². The summed E-state index contributed by atoms with van der Waals surface area (Å²) in [7, 11) is 1.59. The fourth-order valence-electron chi connectivity index (χ4n) is 3.47. The van der Waals surface area contributed by atoms with Crippen molar-refractivity contribution in [3.05, 3.63) is 88.4 Å². The quantitative estimate of drug-likeness (QED) is 0.679. The van der Waals surface area contributed by atoms with Crippen LogP contribution in [0.3, 0.4) is 0 Å². The number of carbonyl (C=O) groups excluding carboxylic acids is 1. The molecule has 2 heterocycles. The number of oxazole rings is 1. The van der Waals surface area contributed by atoms with Crippen LogP contribution in [0.1, 0.15) is 44.9 Å². The molecule has 0 fully saturated rings. The minimum atomic E-state index is -0.611. The Hall–Kier alpha value is -3.50. The first-order chi connectivity index (χ1) is 14.1. The van der Waals surface area contributed by atoms with E-state index in [1.54, 1.807) is 12.0 Å². The average Bonchev–Trinajstić information content (AvgIpc) is 3.16. The van der Waals surface area contributed by atoms with Gasteiger partial charge in [-0.15, -0.1) is 0 Å². The Labute approximate surface area is 167 Å². The van der Waals surface area contributed by atoms with Gasteiger partial charge in [-0.2, -0.15) is 5.26 Å². The maximum absolute atomic E-state index is 13.7. The van der Waals surface area contributed by atoms with Gasteiger partial charge in [-0.1, -0.05) is 30.3 Å². The normalized spacial score (nSPS) is 14.2. The topological polar surface area (TPSA) is 79.4 Å². The number of amides is 1. The van der Waals surface area contributed by atoms with Crippen molar-refractivity contribution in [2.75, 3.05) is 13.7 Å². The van der Waals surface area contributed by atoms with Crippen LogP contribution in [-0.4, -0.2) is 29.4 Å². The van der Waals surface area contributed by atoms with Gasteiger partial charge >= 0.3 is 0 Å². The second-order valence-corrected chi connectivity index (χ2v) is 6.77. The molecule has 1 aliphatic heterocycles. The Kier molecular flexibility index (Phi) is 5.10. The lowest BCUT2D eigenvalue weighted by Gasteiger charge is -2.25. The van der Waals surface area contributed by atoms with Gasteiger partial charge in [-0.25, -0.2) is 9.37 Å². The fourth-order valence-corrected chi connectivity index (χ4v) is 3.47. The van der Waals surface area contributed by atoms with Crippen molar-refractivity contribution in [1.82, 2.24) is 9.88 Å². The minimum Gasteiger partial charge on any atom is -0.442 e. The number of carbonyl (C=O) groups is 1. The molecule has 6 nitrogen and oxygen atoms in total. The SMILES string of the molecule is COC(c1ccccc1)c1nc2c(o1)CCN(C(=O)c1cc(F)cc(C#N)c1)C2. The van der Waals surface area contributed by atoms with Gasteiger partial charge < -0.3 is 14.1 Å². The Morgan fingerprint density at radius 3 is 2.83 bits per heavy atom. The van der Waals surface area contributed by atoms with E-state index in [0.717, 1.165) is 23.5 Å². The highest BCUT2D eigenvalue weighted by molar-refractivity contribution is 5.94. The number of hydrogen-bond donors (Lipinski definition) is 0. The summed E-state index contributed by atoms with van der Waals surface area (Å²) in [5.74, 6) is 0.205. The maximum Gasteiger partial charge on any atom is 0.254 e. The lowest BCUT2D eigenvalue weighted by atomic mass is 10.1. The highest BCUT2D eigenvalue weighted by Gasteiger charge is 2.29. The van der Waals surface area contributed by atoms with Crippen molar-refractivity contribution >= 4 is 5.91 Å². The minimum absolute atomic E-state index is 0.112. The molecule has 0 bridgehead atoms. The summed E-state index contributed by atoms with van der Waals surface area (Å²) in [4.78, 5) is 19.0. The van der Waals surface area contributed by atoms with E-state index < -0.39 is 11.9 Å². The zero-order valence-electron chi connectivity index (χ0n) is 15.8. The van der Waals surface area contributed by atoms with Crippen molar-refractivity contribution in [1.29, 1.82) is 5.26 Å². The number of halogens is 1. The van der Waals surface area contributed by atoms with Crippen molar-refractivity contribution < 1.29 is 18.3 Å². The number of aromatic nitrogens is 1. The highest BCUT2D eigenvalue weighted by Crippen LogP contribution is 2.29. The van der Waals surface area contributed by atoms with Gasteiger partial charge in [0, 0.05) is 25.6 Å². The molecule has 0 saturated heterocycles. The molecule has 0 radical (unpaired) electrons. The zero-order chi connectivity index (χ0) is 20.4. The van der Waals surface area contributed by atoms with E-state index in [-0.39, 0.29) is 23.6 Å². The third kappa shape index (κ3) is 3.75. The molecule has 0 aliphatic carbocycles. The molecule has 1 atom stereocenters. The summed E-state index contributed by atoms with van der Waals surface area (Å²) in [5.41, 5.74) is 1.84. The number of ether oxygens (including phenoxy) is 1. The Bertz CT molecular complexity index is 1090. The van der Waals surface area contributed by atoms with Gasteiger partial charge in [-0.3, -0.25) is 4.79 Å². The van der Waals surface area contributed by atoms with Crippen LogP contribution in [0.25, 0.3) is 0 Å². The molecule has 0 spiro atoms. The van der Waals surface area contributed by atoms with Crippen LogP contribution in [0.2, 0.25) is 0 Å². The van der Waals surface area contributed by atoms with Crippen LogP contribution < -0.4 is 0 Å². The predicted octanol–water partition coefficient (Wildman–Crippen LogP) is 3.62. The van der Waals surface area contributed by atoms with Gasteiger partial charge in [-0.05, 0) is 23.8 Å². The summed E-state index contributed by atoms with van der Waals surface area (Å²) < 4.78 is 25.2. The largest absolute Gasteiger partial charge is 0.442 e. The zero-order valence-corrected chi connectivity index (χ0v) is 15.8. The summed E-state index contributed by atoms with van der Waals surface area (Å²) in [6.45, 7) is 0.670. The fraction of sp³-hybridized carbons (Fsp3) is 0.227. The van der Waals surface area contributed by atoms with Gasteiger partial charge in [0.15, 0.2) is 6.10 Å². The molecule has 4 rings (SSSR count). The predicted molar refractivity (Wildman–Crippen MR) is 101 cm³/mol. The van der Waals surface area contributed by atoms with E-state index in [0.29, 0.717) is 24.6 Å². The van der Waals surface area contributed by atoms with E-state index in [1.165, 1.54) is 6.07 Å². The number of hydrogen-bond acceptors (Lipinski definition) is 5. The van der Waals surface area contributed by atoms with E-state index in [2.05, 4.69) is 4.98 Å². The number of nitriles is 1. The molecule has 1 unspecified atom stereocenters. The highest BCUT2D eigenvalue weighted by atomic mass is 19.1. The lowest BCUT2D eigenvalue weighted by molar-refractivity contribution is 0.0726. The van der Waals surface area contributed by atoms with E-state index in [4.69, 9.17) is 14.4 Å². The molecular formula is C22H18FN3O3. The number of fused-ring (bicyclic) bond motifs is 1. The van der Waals surface area contributed by atoms with Gasteiger partial charge in [0.1, 0.15) is 17.3 Å². The number of methoxy groups -OCH3 is 1. The first kappa shape index (κ1) is 18.8. The van der Waals surface area contributed by atoms with E-state index in [9.17, 15) is 9.18 Å². The molecule has 2 aromatic carbocycles. The molecule has 1 amide bonds. The summed E-state index contributed by atoms with van der Waals surface area (Å²) >= 11 is 0. The molecule has 146 valence electrons. The van der Waals surface area contributed by atoms with Crippen molar-refractivity contribution in [2.45, 2.75) is 19.1 Å². The van der Waals surface area contributed by atoms with Crippen molar-refractivity contribution in [3.8, 4) is 6.07 Å². The first-order valence-electron chi connectivity index (χ1n) is 9.15. The second-order valence-electron chi connectivity index (χ2n) is 6.77. The summed E-state index contributed by atoms with van der Waals surface area (Å²) in [6.07, 6.45) is 0.0621. The van der Waals surface area contributed by atoms with Crippen LogP contribution in [0, 0.1) is 17.1 Å². The maximum atomic E-state index is 13.7. The molecule has 3 aromatic rings. The van der Waals surface area contributed by atoms with Crippen molar-refractivity contribution in [3.63, 3.8) is 0 Å². The summed E-state index contributed by atoms with van der Waals surface area (Å²) in [5, 5.41) is 9.01. The number of rotatable bonds is 4. The second kappa shape index (κ2) is 7.86. The lowest BCUT2D eigenvalue weighted by Crippen LogP contribution is -2.35. The molecular weight excluding hydrogens is 373 g/mol. The van der Waals surface area contributed by atoms with E-state index >= 15 is 0 Å². The smallest absolute Gasteiger partial charge is 0.254 e. The van der Waals surface area contributed by atoms with Crippen molar-refractivity contribution in [2.24, 2.45) is 0 Å². The third-order valence-corrected chi connectivity index (χ3v) is 4.87. The molecule has 7 heteroatoms. The Morgan fingerprint density at radius 2 is 2.10 bits per heavy atom. The standard InChI is InChI=1S/C22H18FN3O3/c1-28-20(15-5-3-2-4-6-15)21-25-18-13-26(8-7-19(18)29-21)22(27)16-9-14(12-24)10-17(23)11-16/h2-6,9-11,20H,7-8,13H2,1H3. The first-order valence-corrected chi connectivity index (χ1v) is 9.15. The number of benzene rings is 2. The Morgan fingerprint density at radius 1 is 1.31 bits per heavy atom. The monoisotopic (exact) mass is 391 g/mol.